The van der Waals surface area contributed by atoms with Crippen LogP contribution in [-0.2, 0) is 9.84 Å². The minimum Gasteiger partial charge on any atom is -0.370 e. The Hall–Kier alpha value is -0.310. The van der Waals surface area contributed by atoms with Gasteiger partial charge in [0.1, 0.15) is 0 Å². The summed E-state index contributed by atoms with van der Waals surface area (Å²) in [6, 6.07) is 0. The molecule has 0 saturated heterocycles. The Bertz CT molecular complexity index is 440. The van der Waals surface area contributed by atoms with Gasteiger partial charge in [-0.1, -0.05) is 25.0 Å². The SMILES string of the molecule is C=C(C)CNC(N)=NCC1(S(C)(=O)=O)CCCC1.I. The minimum absolute atomic E-state index is 0. The molecule has 0 aromatic carbocycles. The topological polar surface area (TPSA) is 84.5 Å². The molecule has 0 aliphatic heterocycles. The molecule has 1 fully saturated rings. The van der Waals surface area contributed by atoms with Crippen LogP contribution in [0, 0.1) is 0 Å². The smallest absolute Gasteiger partial charge is 0.188 e. The summed E-state index contributed by atoms with van der Waals surface area (Å²) in [4.78, 5) is 4.18. The van der Waals surface area contributed by atoms with Crippen molar-refractivity contribution < 1.29 is 8.42 Å². The summed E-state index contributed by atoms with van der Waals surface area (Å²) in [6.45, 7) is 6.44. The first-order chi connectivity index (χ1) is 8.27. The third-order valence-corrected chi connectivity index (χ3v) is 5.52. The Morgan fingerprint density at radius 2 is 1.95 bits per heavy atom. The van der Waals surface area contributed by atoms with Crippen molar-refractivity contribution in [3.8, 4) is 0 Å². The number of halogens is 1. The van der Waals surface area contributed by atoms with Gasteiger partial charge in [-0.25, -0.2) is 8.42 Å². The van der Waals surface area contributed by atoms with E-state index >= 15 is 0 Å². The molecule has 1 rings (SSSR count). The molecule has 0 spiro atoms. The van der Waals surface area contributed by atoms with Gasteiger partial charge < -0.3 is 11.1 Å². The van der Waals surface area contributed by atoms with E-state index in [-0.39, 0.29) is 36.5 Å². The van der Waals surface area contributed by atoms with E-state index in [9.17, 15) is 8.42 Å². The van der Waals surface area contributed by atoms with Gasteiger partial charge in [-0.2, -0.15) is 0 Å². The van der Waals surface area contributed by atoms with Gasteiger partial charge in [0.25, 0.3) is 0 Å². The Morgan fingerprint density at radius 3 is 2.37 bits per heavy atom. The zero-order valence-corrected chi connectivity index (χ0v) is 14.8. The Labute approximate surface area is 133 Å². The van der Waals surface area contributed by atoms with Gasteiger partial charge in [-0.15, -0.1) is 24.0 Å². The van der Waals surface area contributed by atoms with Crippen molar-refractivity contribution in [1.29, 1.82) is 0 Å². The quantitative estimate of drug-likeness (QED) is 0.316. The molecule has 0 heterocycles. The van der Waals surface area contributed by atoms with Gasteiger partial charge in [0.15, 0.2) is 15.8 Å². The molecule has 3 N–H and O–H groups in total. The summed E-state index contributed by atoms with van der Waals surface area (Å²) in [6.07, 6.45) is 4.56. The second kappa shape index (κ2) is 7.47. The van der Waals surface area contributed by atoms with E-state index in [0.29, 0.717) is 19.4 Å². The van der Waals surface area contributed by atoms with E-state index in [1.165, 1.54) is 6.26 Å². The number of nitrogens with one attached hydrogen (secondary N) is 1. The Balaban J connectivity index is 0.00000324. The predicted molar refractivity (Wildman–Crippen MR) is 90.8 cm³/mol. The maximum atomic E-state index is 11.9. The summed E-state index contributed by atoms with van der Waals surface area (Å²) in [7, 11) is -3.10. The zero-order chi connectivity index (χ0) is 13.8. The number of sulfone groups is 1. The first kappa shape index (κ1) is 18.7. The molecular weight excluding hydrogens is 377 g/mol. The number of nitrogens with zero attached hydrogens (tertiary/aromatic N) is 1. The van der Waals surface area contributed by atoms with Crippen LogP contribution in [0.2, 0.25) is 0 Å². The van der Waals surface area contributed by atoms with Crippen LogP contribution in [0.15, 0.2) is 17.1 Å². The van der Waals surface area contributed by atoms with E-state index in [2.05, 4.69) is 16.9 Å². The highest BCUT2D eigenvalue weighted by Crippen LogP contribution is 2.36. The highest BCUT2D eigenvalue weighted by atomic mass is 127. The van der Waals surface area contributed by atoms with Gasteiger partial charge in [0, 0.05) is 12.8 Å². The van der Waals surface area contributed by atoms with E-state index in [1.807, 2.05) is 6.92 Å². The molecule has 1 aliphatic rings. The van der Waals surface area contributed by atoms with Crippen molar-refractivity contribution in [2.24, 2.45) is 10.7 Å². The molecule has 0 atom stereocenters. The first-order valence-electron chi connectivity index (χ1n) is 6.15. The van der Waals surface area contributed by atoms with Crippen LogP contribution in [-0.4, -0.2) is 38.5 Å². The Kier molecular flexibility index (Phi) is 7.34. The third kappa shape index (κ3) is 5.29. The number of hydrogen-bond donors (Lipinski definition) is 2. The first-order valence-corrected chi connectivity index (χ1v) is 8.04. The van der Waals surface area contributed by atoms with Crippen molar-refractivity contribution in [2.45, 2.75) is 37.4 Å². The molecule has 1 saturated carbocycles. The van der Waals surface area contributed by atoms with E-state index in [0.717, 1.165) is 18.4 Å². The number of aliphatic imine (C=N–C) groups is 1. The van der Waals surface area contributed by atoms with Crippen molar-refractivity contribution in [1.82, 2.24) is 5.32 Å². The van der Waals surface area contributed by atoms with Crippen LogP contribution < -0.4 is 11.1 Å². The molecule has 0 unspecified atom stereocenters. The van der Waals surface area contributed by atoms with Gasteiger partial charge in [-0.3, -0.25) is 4.99 Å². The second-order valence-corrected chi connectivity index (χ2v) is 7.58. The molecule has 0 aromatic heterocycles. The van der Waals surface area contributed by atoms with Crippen LogP contribution in [0.25, 0.3) is 0 Å². The lowest BCUT2D eigenvalue weighted by Crippen LogP contribution is -2.40. The summed E-state index contributed by atoms with van der Waals surface area (Å²) in [5, 5.41) is 2.91. The van der Waals surface area contributed by atoms with Crippen LogP contribution in [0.1, 0.15) is 32.6 Å². The van der Waals surface area contributed by atoms with E-state index in [4.69, 9.17) is 5.73 Å². The second-order valence-electron chi connectivity index (χ2n) is 5.17. The van der Waals surface area contributed by atoms with E-state index < -0.39 is 14.6 Å². The molecule has 0 aromatic rings. The molecule has 7 heteroatoms. The van der Waals surface area contributed by atoms with E-state index in [1.54, 1.807) is 0 Å². The van der Waals surface area contributed by atoms with Crippen LogP contribution in [0.5, 0.6) is 0 Å². The molecule has 0 bridgehead atoms. The lowest BCUT2D eigenvalue weighted by Gasteiger charge is -2.24. The van der Waals surface area contributed by atoms with Crippen molar-refractivity contribution >= 4 is 39.8 Å². The largest absolute Gasteiger partial charge is 0.370 e. The number of guanidine groups is 1. The maximum Gasteiger partial charge on any atom is 0.188 e. The summed E-state index contributed by atoms with van der Waals surface area (Å²) >= 11 is 0. The van der Waals surface area contributed by atoms with Crippen LogP contribution >= 0.6 is 24.0 Å². The highest BCUT2D eigenvalue weighted by molar-refractivity contribution is 14.0. The van der Waals surface area contributed by atoms with Gasteiger partial charge in [-0.05, 0) is 19.8 Å². The number of hydrogen-bond acceptors (Lipinski definition) is 3. The molecular formula is C12H24IN3O2S. The summed E-state index contributed by atoms with van der Waals surface area (Å²) in [5.74, 6) is 0.285. The molecule has 112 valence electrons. The highest BCUT2D eigenvalue weighted by Gasteiger charge is 2.43. The van der Waals surface area contributed by atoms with Gasteiger partial charge in [0.2, 0.25) is 0 Å². The lowest BCUT2D eigenvalue weighted by molar-refractivity contribution is 0.520. The fourth-order valence-electron chi connectivity index (χ4n) is 2.19. The summed E-state index contributed by atoms with van der Waals surface area (Å²) in [5.41, 5.74) is 6.66. The lowest BCUT2D eigenvalue weighted by atomic mass is 10.1. The molecule has 0 amide bonds. The molecule has 19 heavy (non-hydrogen) atoms. The van der Waals surface area contributed by atoms with Gasteiger partial charge in [0.05, 0.1) is 11.3 Å². The predicted octanol–water partition coefficient (Wildman–Crippen LogP) is 1.44. The average Bonchev–Trinajstić information content (AvgIpc) is 2.72. The molecule has 1 aliphatic carbocycles. The zero-order valence-electron chi connectivity index (χ0n) is 11.6. The normalized spacial score (nSPS) is 18.7. The van der Waals surface area contributed by atoms with Crippen molar-refractivity contribution in [3.63, 3.8) is 0 Å². The van der Waals surface area contributed by atoms with Crippen molar-refractivity contribution in [3.05, 3.63) is 12.2 Å². The average molecular weight is 401 g/mol. The third-order valence-electron chi connectivity index (χ3n) is 3.41. The minimum atomic E-state index is -3.10. The molecule has 0 radical (unpaired) electrons. The van der Waals surface area contributed by atoms with Gasteiger partial charge >= 0.3 is 0 Å². The standard InChI is InChI=1S/C12H23N3O2S.HI/c1-10(2)8-14-11(13)15-9-12(18(3,16)17)6-4-5-7-12;/h1,4-9H2,2-3H3,(H3,13,14,15);1H. The number of rotatable bonds is 5. The fourth-order valence-corrected chi connectivity index (χ4v) is 3.52. The van der Waals surface area contributed by atoms with Crippen molar-refractivity contribution in [2.75, 3.05) is 19.3 Å². The fraction of sp³-hybridized carbons (Fsp3) is 0.750. The summed E-state index contributed by atoms with van der Waals surface area (Å²) < 4.78 is 23.1. The monoisotopic (exact) mass is 401 g/mol. The molecule has 5 nitrogen and oxygen atoms in total. The Morgan fingerprint density at radius 1 is 1.42 bits per heavy atom. The number of nitrogens with two attached hydrogens (primary N) is 1. The maximum absolute atomic E-state index is 11.9. The van der Waals surface area contributed by atoms with Crippen LogP contribution in [0.3, 0.4) is 0 Å². The van der Waals surface area contributed by atoms with Crippen LogP contribution in [0.4, 0.5) is 0 Å².